The first-order valence-electron chi connectivity index (χ1n) is 7.69. The number of nitrogens with zero attached hydrogens (tertiary/aromatic N) is 1. The van der Waals surface area contributed by atoms with Gasteiger partial charge >= 0.3 is 5.97 Å². The van der Waals surface area contributed by atoms with Gasteiger partial charge in [0.15, 0.2) is 0 Å². The number of hydrogen-bond donors (Lipinski definition) is 0. The Balaban J connectivity index is 1.88. The molecule has 7 heteroatoms. The summed E-state index contributed by atoms with van der Waals surface area (Å²) in [5.41, 5.74) is -0.963. The maximum absolute atomic E-state index is 13.5. The molecule has 1 aromatic rings. The molecule has 2 unspecified atom stereocenters. The van der Waals surface area contributed by atoms with Gasteiger partial charge in [0.1, 0.15) is 11.6 Å². The van der Waals surface area contributed by atoms with Gasteiger partial charge < -0.3 is 9.57 Å². The zero-order valence-corrected chi connectivity index (χ0v) is 14.2. The summed E-state index contributed by atoms with van der Waals surface area (Å²) in [4.78, 5) is 17.0. The van der Waals surface area contributed by atoms with E-state index in [0.29, 0.717) is 6.42 Å². The van der Waals surface area contributed by atoms with Gasteiger partial charge in [-0.05, 0) is 18.6 Å². The lowest BCUT2D eigenvalue weighted by Crippen LogP contribution is -2.45. The van der Waals surface area contributed by atoms with Gasteiger partial charge in [-0.15, -0.1) is 11.6 Å². The van der Waals surface area contributed by atoms with E-state index in [1.165, 1.54) is 7.11 Å². The van der Waals surface area contributed by atoms with Crippen LogP contribution in [0.3, 0.4) is 0 Å². The number of alkyl halides is 1. The number of hydrogen-bond acceptors (Lipinski definition) is 4. The molecule has 4 nitrogen and oxygen atoms in total. The van der Waals surface area contributed by atoms with E-state index in [1.807, 2.05) is 12.2 Å². The SMILES string of the molecule is COC(=O)C1(CC2(Cl)C=CC=CC2)CC(c2cc(F)cc(F)c2)=NO1. The Labute approximate surface area is 148 Å². The molecule has 3 rings (SSSR count). The molecule has 0 spiro atoms. The van der Waals surface area contributed by atoms with Crippen LogP contribution in [0.25, 0.3) is 0 Å². The molecule has 0 fully saturated rings. The van der Waals surface area contributed by atoms with Gasteiger partial charge in [0.2, 0.25) is 5.60 Å². The third-order valence-corrected chi connectivity index (χ3v) is 4.63. The minimum Gasteiger partial charge on any atom is -0.466 e. The molecular weight excluding hydrogens is 352 g/mol. The third kappa shape index (κ3) is 3.58. The lowest BCUT2D eigenvalue weighted by atomic mass is 9.82. The molecule has 25 heavy (non-hydrogen) atoms. The molecule has 0 N–H and O–H groups in total. The Kier molecular flexibility index (Phi) is 4.64. The van der Waals surface area contributed by atoms with Crippen molar-refractivity contribution in [3.63, 3.8) is 0 Å². The molecule has 0 aromatic heterocycles. The highest BCUT2D eigenvalue weighted by atomic mass is 35.5. The predicted octanol–water partition coefficient (Wildman–Crippen LogP) is 3.88. The van der Waals surface area contributed by atoms with E-state index in [-0.39, 0.29) is 24.1 Å². The number of benzene rings is 1. The van der Waals surface area contributed by atoms with Crippen LogP contribution in [-0.4, -0.2) is 29.3 Å². The normalized spacial score (nSPS) is 27.8. The Hall–Kier alpha value is -2.21. The topological polar surface area (TPSA) is 47.9 Å². The largest absolute Gasteiger partial charge is 0.466 e. The summed E-state index contributed by atoms with van der Waals surface area (Å²) < 4.78 is 31.8. The highest BCUT2D eigenvalue weighted by Gasteiger charge is 2.52. The van der Waals surface area contributed by atoms with Crippen molar-refractivity contribution < 1.29 is 23.1 Å². The first-order valence-corrected chi connectivity index (χ1v) is 8.07. The summed E-state index contributed by atoms with van der Waals surface area (Å²) in [6, 6.07) is 3.04. The van der Waals surface area contributed by atoms with Crippen molar-refractivity contribution in [3.8, 4) is 0 Å². The van der Waals surface area contributed by atoms with Gasteiger partial charge in [-0.25, -0.2) is 13.6 Å². The Morgan fingerprint density at radius 1 is 1.32 bits per heavy atom. The maximum Gasteiger partial charge on any atom is 0.353 e. The van der Waals surface area contributed by atoms with Crippen LogP contribution >= 0.6 is 11.6 Å². The fourth-order valence-corrected chi connectivity index (χ4v) is 3.44. The van der Waals surface area contributed by atoms with E-state index < -0.39 is 28.1 Å². The van der Waals surface area contributed by atoms with E-state index >= 15 is 0 Å². The zero-order chi connectivity index (χ0) is 18.1. The quantitative estimate of drug-likeness (QED) is 0.599. The number of methoxy groups -OCH3 is 1. The van der Waals surface area contributed by atoms with Crippen LogP contribution in [0.5, 0.6) is 0 Å². The van der Waals surface area contributed by atoms with E-state index in [4.69, 9.17) is 21.2 Å². The second kappa shape index (κ2) is 6.59. The fourth-order valence-electron chi connectivity index (χ4n) is 3.06. The van der Waals surface area contributed by atoms with Crippen LogP contribution in [-0.2, 0) is 14.4 Å². The number of carbonyl (C=O) groups excluding carboxylic acids is 1. The Morgan fingerprint density at radius 2 is 2.04 bits per heavy atom. The molecule has 1 aliphatic heterocycles. The van der Waals surface area contributed by atoms with Gasteiger partial charge in [-0.3, -0.25) is 0 Å². The molecule has 2 atom stereocenters. The van der Waals surface area contributed by atoms with Gasteiger partial charge in [-0.1, -0.05) is 29.5 Å². The van der Waals surface area contributed by atoms with E-state index in [0.717, 1.165) is 18.2 Å². The maximum atomic E-state index is 13.5. The summed E-state index contributed by atoms with van der Waals surface area (Å²) >= 11 is 6.59. The molecule has 0 bridgehead atoms. The van der Waals surface area contributed by atoms with Crippen molar-refractivity contribution in [2.45, 2.75) is 29.7 Å². The molecule has 132 valence electrons. The van der Waals surface area contributed by atoms with E-state index in [9.17, 15) is 13.6 Å². The van der Waals surface area contributed by atoms with Crippen molar-refractivity contribution >= 4 is 23.3 Å². The molecule has 1 aliphatic carbocycles. The van der Waals surface area contributed by atoms with Crippen molar-refractivity contribution in [1.29, 1.82) is 0 Å². The fraction of sp³-hybridized carbons (Fsp3) is 0.333. The highest BCUT2D eigenvalue weighted by Crippen LogP contribution is 2.41. The minimum atomic E-state index is -1.44. The van der Waals surface area contributed by atoms with Crippen LogP contribution in [0.1, 0.15) is 24.8 Å². The number of rotatable bonds is 4. The molecule has 0 amide bonds. The lowest BCUT2D eigenvalue weighted by molar-refractivity contribution is -0.167. The summed E-state index contributed by atoms with van der Waals surface area (Å²) in [6.07, 6.45) is 7.95. The van der Waals surface area contributed by atoms with Crippen LogP contribution in [0.2, 0.25) is 0 Å². The first-order chi connectivity index (χ1) is 11.9. The monoisotopic (exact) mass is 367 g/mol. The van der Waals surface area contributed by atoms with Crippen molar-refractivity contribution in [2.75, 3.05) is 7.11 Å². The van der Waals surface area contributed by atoms with E-state index in [1.54, 1.807) is 12.2 Å². The second-order valence-electron chi connectivity index (χ2n) is 6.15. The molecule has 2 aliphatic rings. The van der Waals surface area contributed by atoms with Crippen LogP contribution in [0.15, 0.2) is 47.7 Å². The zero-order valence-electron chi connectivity index (χ0n) is 13.5. The second-order valence-corrected chi connectivity index (χ2v) is 6.91. The third-order valence-electron chi connectivity index (χ3n) is 4.22. The summed E-state index contributed by atoms with van der Waals surface area (Å²) in [5.74, 6) is -2.10. The number of ether oxygens (including phenoxy) is 1. The smallest absolute Gasteiger partial charge is 0.353 e. The van der Waals surface area contributed by atoms with Crippen LogP contribution < -0.4 is 0 Å². The number of allylic oxidation sites excluding steroid dienone is 4. The lowest BCUT2D eigenvalue weighted by Gasteiger charge is -2.32. The molecule has 0 radical (unpaired) electrons. The molecule has 0 saturated heterocycles. The van der Waals surface area contributed by atoms with Crippen LogP contribution in [0.4, 0.5) is 8.78 Å². The van der Waals surface area contributed by atoms with Crippen molar-refractivity contribution in [1.82, 2.24) is 0 Å². The molecule has 1 heterocycles. The van der Waals surface area contributed by atoms with Crippen molar-refractivity contribution in [3.05, 3.63) is 59.7 Å². The predicted molar refractivity (Wildman–Crippen MR) is 89.4 cm³/mol. The average molecular weight is 368 g/mol. The van der Waals surface area contributed by atoms with Gasteiger partial charge in [-0.2, -0.15) is 0 Å². The molecule has 0 saturated carbocycles. The standard InChI is InChI=1S/C18H16ClF2NO3/c1-24-16(23)18(11-17(19)5-3-2-4-6-17)10-15(22-25-18)12-7-13(20)9-14(21)8-12/h2-5,7-9H,6,10-11H2,1H3. The number of carbonyl (C=O) groups is 1. The molecule has 1 aromatic carbocycles. The van der Waals surface area contributed by atoms with Crippen molar-refractivity contribution in [2.24, 2.45) is 5.16 Å². The molecular formula is C18H16ClF2NO3. The van der Waals surface area contributed by atoms with Crippen LogP contribution in [0, 0.1) is 11.6 Å². The minimum absolute atomic E-state index is 0.00852. The number of esters is 1. The summed E-state index contributed by atoms with van der Waals surface area (Å²) in [6.45, 7) is 0. The Morgan fingerprint density at radius 3 is 2.64 bits per heavy atom. The Bertz CT molecular complexity index is 772. The first kappa shape index (κ1) is 17.6. The number of oxime groups is 1. The van der Waals surface area contributed by atoms with Gasteiger partial charge in [0, 0.05) is 24.5 Å². The summed E-state index contributed by atoms with van der Waals surface area (Å²) in [7, 11) is 1.24. The number of halogens is 3. The van der Waals surface area contributed by atoms with Gasteiger partial charge in [0.05, 0.1) is 17.7 Å². The highest BCUT2D eigenvalue weighted by molar-refractivity contribution is 6.25. The van der Waals surface area contributed by atoms with Gasteiger partial charge in [0.25, 0.3) is 0 Å². The average Bonchev–Trinajstić information content (AvgIpc) is 2.98. The summed E-state index contributed by atoms with van der Waals surface area (Å²) in [5, 5.41) is 3.89. The van der Waals surface area contributed by atoms with E-state index in [2.05, 4.69) is 5.16 Å².